The van der Waals surface area contributed by atoms with Crippen LogP contribution in [0.4, 0.5) is 0 Å². The van der Waals surface area contributed by atoms with E-state index in [0.717, 1.165) is 13.1 Å². The molecular formula is C10H21N3O. The topological polar surface area (TPSA) is 58.4 Å². The van der Waals surface area contributed by atoms with E-state index in [0.29, 0.717) is 19.1 Å². The van der Waals surface area contributed by atoms with Gasteiger partial charge < -0.3 is 11.1 Å². The third-order valence-electron chi connectivity index (χ3n) is 2.75. The molecule has 4 nitrogen and oxygen atoms in total. The lowest BCUT2D eigenvalue weighted by Crippen LogP contribution is -2.55. The molecule has 1 aliphatic heterocycles. The molecule has 0 aromatic heterocycles. The van der Waals surface area contributed by atoms with E-state index in [1.165, 1.54) is 0 Å². The van der Waals surface area contributed by atoms with Crippen molar-refractivity contribution in [2.45, 2.75) is 26.8 Å². The summed E-state index contributed by atoms with van der Waals surface area (Å²) in [5.74, 6) is 0.121. The summed E-state index contributed by atoms with van der Waals surface area (Å²) >= 11 is 0. The molecule has 0 spiro atoms. The molecule has 0 aliphatic carbocycles. The number of nitrogens with two attached hydrogens (primary N) is 1. The summed E-state index contributed by atoms with van der Waals surface area (Å²) in [6.45, 7) is 9.19. The van der Waals surface area contributed by atoms with Crippen LogP contribution in [0.25, 0.3) is 0 Å². The molecule has 4 heteroatoms. The molecular weight excluding hydrogens is 178 g/mol. The third-order valence-corrected chi connectivity index (χ3v) is 2.75. The van der Waals surface area contributed by atoms with Gasteiger partial charge in [-0.1, -0.05) is 13.8 Å². The monoisotopic (exact) mass is 199 g/mol. The minimum Gasteiger partial charge on any atom is -0.353 e. The molecule has 14 heavy (non-hydrogen) atoms. The minimum atomic E-state index is 0.0892. The molecule has 1 atom stereocenters. The molecule has 1 amide bonds. The number of hydrogen-bond acceptors (Lipinski definition) is 3. The molecule has 0 aromatic carbocycles. The van der Waals surface area contributed by atoms with Gasteiger partial charge in [0, 0.05) is 19.1 Å². The Morgan fingerprint density at radius 2 is 2.29 bits per heavy atom. The van der Waals surface area contributed by atoms with Gasteiger partial charge in [0.2, 0.25) is 5.91 Å². The van der Waals surface area contributed by atoms with E-state index in [9.17, 15) is 4.79 Å². The van der Waals surface area contributed by atoms with Crippen LogP contribution in [0.15, 0.2) is 0 Å². The quantitative estimate of drug-likeness (QED) is 0.661. The Balaban J connectivity index is 2.53. The Hall–Kier alpha value is -0.610. The predicted molar refractivity (Wildman–Crippen MR) is 56.9 cm³/mol. The second kappa shape index (κ2) is 4.28. The van der Waals surface area contributed by atoms with Gasteiger partial charge in [-0.15, -0.1) is 0 Å². The molecule has 3 N–H and O–H groups in total. The molecule has 0 radical (unpaired) electrons. The van der Waals surface area contributed by atoms with Crippen molar-refractivity contribution < 1.29 is 4.79 Å². The Labute approximate surface area is 85.8 Å². The maximum Gasteiger partial charge on any atom is 0.234 e. The second-order valence-electron chi connectivity index (χ2n) is 4.93. The van der Waals surface area contributed by atoms with E-state index in [2.05, 4.69) is 31.0 Å². The number of carbonyl (C=O) groups excluding carboxylic acids is 1. The highest BCUT2D eigenvalue weighted by Crippen LogP contribution is 2.17. The van der Waals surface area contributed by atoms with E-state index in [4.69, 9.17) is 5.73 Å². The van der Waals surface area contributed by atoms with Crippen molar-refractivity contribution in [2.75, 3.05) is 26.2 Å². The molecule has 1 unspecified atom stereocenters. The number of carbonyl (C=O) groups is 1. The van der Waals surface area contributed by atoms with Crippen LogP contribution in [0.2, 0.25) is 0 Å². The summed E-state index contributed by atoms with van der Waals surface area (Å²) in [5, 5.41) is 2.85. The van der Waals surface area contributed by atoms with E-state index >= 15 is 0 Å². The van der Waals surface area contributed by atoms with Gasteiger partial charge in [0.1, 0.15) is 0 Å². The number of piperazine rings is 1. The van der Waals surface area contributed by atoms with Crippen molar-refractivity contribution in [3.63, 3.8) is 0 Å². The van der Waals surface area contributed by atoms with Crippen molar-refractivity contribution in [3.8, 4) is 0 Å². The van der Waals surface area contributed by atoms with E-state index in [-0.39, 0.29) is 11.3 Å². The summed E-state index contributed by atoms with van der Waals surface area (Å²) in [7, 11) is 0. The highest BCUT2D eigenvalue weighted by atomic mass is 16.2. The Morgan fingerprint density at radius 3 is 2.86 bits per heavy atom. The second-order valence-corrected chi connectivity index (χ2v) is 4.93. The zero-order valence-corrected chi connectivity index (χ0v) is 9.34. The Bertz CT molecular complexity index is 215. The highest BCUT2D eigenvalue weighted by molar-refractivity contribution is 5.78. The van der Waals surface area contributed by atoms with Crippen molar-refractivity contribution in [3.05, 3.63) is 0 Å². The number of amides is 1. The smallest absolute Gasteiger partial charge is 0.234 e. The van der Waals surface area contributed by atoms with Crippen LogP contribution in [0.3, 0.4) is 0 Å². The van der Waals surface area contributed by atoms with E-state index < -0.39 is 0 Å². The summed E-state index contributed by atoms with van der Waals surface area (Å²) < 4.78 is 0. The highest BCUT2D eigenvalue weighted by Gasteiger charge is 2.28. The van der Waals surface area contributed by atoms with Crippen LogP contribution in [0, 0.1) is 5.41 Å². The van der Waals surface area contributed by atoms with Crippen molar-refractivity contribution in [2.24, 2.45) is 11.1 Å². The fourth-order valence-electron chi connectivity index (χ4n) is 1.61. The number of nitrogens with zero attached hydrogens (tertiary/aromatic N) is 1. The normalized spacial score (nSPS) is 24.9. The standard InChI is InChI=1S/C10H21N3O/c1-8-4-12-9(14)5-13(8)7-10(2,3)6-11/h8H,4-7,11H2,1-3H3,(H,12,14). The zero-order valence-electron chi connectivity index (χ0n) is 9.34. The summed E-state index contributed by atoms with van der Waals surface area (Å²) in [6, 6.07) is 0.415. The first-order valence-corrected chi connectivity index (χ1v) is 5.15. The first kappa shape index (κ1) is 11.5. The maximum absolute atomic E-state index is 11.2. The van der Waals surface area contributed by atoms with E-state index in [1.807, 2.05) is 0 Å². The third kappa shape index (κ3) is 2.96. The largest absolute Gasteiger partial charge is 0.353 e. The molecule has 0 aromatic rings. The number of rotatable bonds is 3. The number of hydrogen-bond donors (Lipinski definition) is 2. The van der Waals surface area contributed by atoms with Crippen LogP contribution < -0.4 is 11.1 Å². The molecule has 0 bridgehead atoms. The van der Waals surface area contributed by atoms with Crippen LogP contribution >= 0.6 is 0 Å². The van der Waals surface area contributed by atoms with Crippen molar-refractivity contribution in [1.82, 2.24) is 10.2 Å². The van der Waals surface area contributed by atoms with Gasteiger partial charge >= 0.3 is 0 Å². The van der Waals surface area contributed by atoms with Gasteiger partial charge in [0.05, 0.1) is 6.54 Å². The van der Waals surface area contributed by atoms with Gasteiger partial charge in [-0.3, -0.25) is 9.69 Å². The molecule has 1 rings (SSSR count). The Morgan fingerprint density at radius 1 is 1.64 bits per heavy atom. The van der Waals surface area contributed by atoms with Crippen molar-refractivity contribution >= 4 is 5.91 Å². The molecule has 1 heterocycles. The lowest BCUT2D eigenvalue weighted by Gasteiger charge is -2.38. The van der Waals surface area contributed by atoms with Crippen molar-refractivity contribution in [1.29, 1.82) is 0 Å². The summed E-state index contributed by atoms with van der Waals surface area (Å²) in [5.41, 5.74) is 5.77. The van der Waals surface area contributed by atoms with Crippen LogP contribution in [0.1, 0.15) is 20.8 Å². The zero-order chi connectivity index (χ0) is 10.8. The van der Waals surface area contributed by atoms with Gasteiger partial charge in [-0.2, -0.15) is 0 Å². The first-order chi connectivity index (χ1) is 6.44. The lowest BCUT2D eigenvalue weighted by molar-refractivity contribution is -0.125. The van der Waals surface area contributed by atoms with Gasteiger partial charge in [-0.05, 0) is 18.9 Å². The molecule has 82 valence electrons. The average Bonchev–Trinajstić information content (AvgIpc) is 2.11. The lowest BCUT2D eigenvalue weighted by atomic mass is 9.92. The fraction of sp³-hybridized carbons (Fsp3) is 0.900. The minimum absolute atomic E-state index is 0.0892. The van der Waals surface area contributed by atoms with Gasteiger partial charge in [0.15, 0.2) is 0 Å². The van der Waals surface area contributed by atoms with Gasteiger partial charge in [0.25, 0.3) is 0 Å². The van der Waals surface area contributed by atoms with Gasteiger partial charge in [-0.25, -0.2) is 0 Å². The molecule has 1 aliphatic rings. The first-order valence-electron chi connectivity index (χ1n) is 5.15. The molecule has 1 saturated heterocycles. The number of nitrogens with one attached hydrogen (secondary N) is 1. The summed E-state index contributed by atoms with van der Waals surface area (Å²) in [6.07, 6.45) is 0. The average molecular weight is 199 g/mol. The van der Waals surface area contributed by atoms with Crippen LogP contribution in [-0.2, 0) is 4.79 Å². The molecule has 0 saturated carbocycles. The maximum atomic E-state index is 11.2. The van der Waals surface area contributed by atoms with E-state index in [1.54, 1.807) is 0 Å². The van der Waals surface area contributed by atoms with Crippen LogP contribution in [0.5, 0.6) is 0 Å². The Kier molecular flexibility index (Phi) is 3.50. The predicted octanol–water partition coefficient (Wildman–Crippen LogP) is -0.208. The fourth-order valence-corrected chi connectivity index (χ4v) is 1.61. The molecule has 1 fully saturated rings. The van der Waals surface area contributed by atoms with Crippen LogP contribution in [-0.4, -0.2) is 43.0 Å². The SMILES string of the molecule is CC1CNC(=O)CN1CC(C)(C)CN. The summed E-state index contributed by atoms with van der Waals surface area (Å²) in [4.78, 5) is 13.4.